The van der Waals surface area contributed by atoms with Gasteiger partial charge in [0.05, 0.1) is 10.4 Å². The monoisotopic (exact) mass is 291 g/mol. The van der Waals surface area contributed by atoms with E-state index in [0.29, 0.717) is 23.0 Å². The SMILES string of the molecule is Nc1c(C(=O)NCC2CCOCC2)sc2cnccc12. The second kappa shape index (κ2) is 5.76. The number of rotatable bonds is 3. The molecule has 20 heavy (non-hydrogen) atoms. The molecule has 1 amide bonds. The Morgan fingerprint density at radius 3 is 3.05 bits per heavy atom. The van der Waals surface area contributed by atoms with Crippen molar-refractivity contribution in [2.45, 2.75) is 12.8 Å². The van der Waals surface area contributed by atoms with Gasteiger partial charge in [0, 0.05) is 37.5 Å². The van der Waals surface area contributed by atoms with Crippen LogP contribution in [0.2, 0.25) is 0 Å². The fourth-order valence-corrected chi connectivity index (χ4v) is 3.41. The Hall–Kier alpha value is -1.66. The fraction of sp³-hybridized carbons (Fsp3) is 0.429. The molecule has 5 nitrogen and oxygen atoms in total. The third-order valence-corrected chi connectivity index (χ3v) is 4.78. The Morgan fingerprint density at radius 2 is 2.30 bits per heavy atom. The number of amides is 1. The van der Waals surface area contributed by atoms with Gasteiger partial charge in [-0.1, -0.05) is 0 Å². The molecule has 0 spiro atoms. The van der Waals surface area contributed by atoms with Crippen molar-refractivity contribution in [1.82, 2.24) is 10.3 Å². The highest BCUT2D eigenvalue weighted by Crippen LogP contribution is 2.32. The number of nitrogens with two attached hydrogens (primary N) is 1. The standard InChI is InChI=1S/C14H17N3O2S/c15-12-10-1-4-16-8-11(10)20-13(12)14(18)17-7-9-2-5-19-6-3-9/h1,4,8-9H,2-3,5-7,15H2,(H,17,18). The Morgan fingerprint density at radius 1 is 1.50 bits per heavy atom. The van der Waals surface area contributed by atoms with Crippen molar-refractivity contribution in [3.8, 4) is 0 Å². The summed E-state index contributed by atoms with van der Waals surface area (Å²) in [6.07, 6.45) is 5.44. The van der Waals surface area contributed by atoms with E-state index in [-0.39, 0.29) is 5.91 Å². The summed E-state index contributed by atoms with van der Waals surface area (Å²) < 4.78 is 6.26. The first-order chi connectivity index (χ1) is 9.75. The summed E-state index contributed by atoms with van der Waals surface area (Å²) in [4.78, 5) is 16.9. The molecule has 2 aromatic rings. The van der Waals surface area contributed by atoms with Gasteiger partial charge in [-0.05, 0) is 24.8 Å². The second-order valence-corrected chi connectivity index (χ2v) is 6.03. The normalized spacial score (nSPS) is 16.4. The summed E-state index contributed by atoms with van der Waals surface area (Å²) in [7, 11) is 0. The topological polar surface area (TPSA) is 77.2 Å². The van der Waals surface area contributed by atoms with Gasteiger partial charge in [-0.2, -0.15) is 0 Å². The van der Waals surface area contributed by atoms with Gasteiger partial charge in [-0.3, -0.25) is 9.78 Å². The van der Waals surface area contributed by atoms with Crippen molar-refractivity contribution >= 4 is 33.0 Å². The molecule has 1 aliphatic heterocycles. The van der Waals surface area contributed by atoms with E-state index in [0.717, 1.165) is 36.1 Å². The highest BCUT2D eigenvalue weighted by molar-refractivity contribution is 7.21. The number of nitrogens with zero attached hydrogens (tertiary/aromatic N) is 1. The van der Waals surface area contributed by atoms with Crippen LogP contribution in [0.3, 0.4) is 0 Å². The lowest BCUT2D eigenvalue weighted by molar-refractivity contribution is 0.0643. The molecule has 3 N–H and O–H groups in total. The fourth-order valence-electron chi connectivity index (χ4n) is 2.41. The van der Waals surface area contributed by atoms with Crippen LogP contribution in [0.4, 0.5) is 5.69 Å². The average molecular weight is 291 g/mol. The first kappa shape index (κ1) is 13.3. The van der Waals surface area contributed by atoms with E-state index in [9.17, 15) is 4.79 Å². The molecular weight excluding hydrogens is 274 g/mol. The van der Waals surface area contributed by atoms with E-state index in [1.165, 1.54) is 11.3 Å². The van der Waals surface area contributed by atoms with Crippen molar-refractivity contribution in [2.75, 3.05) is 25.5 Å². The summed E-state index contributed by atoms with van der Waals surface area (Å²) in [5.74, 6) is 0.417. The summed E-state index contributed by atoms with van der Waals surface area (Å²) in [5, 5.41) is 3.89. The quantitative estimate of drug-likeness (QED) is 0.907. The smallest absolute Gasteiger partial charge is 0.263 e. The van der Waals surface area contributed by atoms with E-state index >= 15 is 0 Å². The largest absolute Gasteiger partial charge is 0.397 e. The molecule has 1 fully saturated rings. The summed E-state index contributed by atoms with van der Waals surface area (Å²) in [6, 6.07) is 1.84. The van der Waals surface area contributed by atoms with Crippen LogP contribution in [-0.2, 0) is 4.74 Å². The van der Waals surface area contributed by atoms with Gasteiger partial charge < -0.3 is 15.8 Å². The van der Waals surface area contributed by atoms with Gasteiger partial charge in [0.1, 0.15) is 4.88 Å². The van der Waals surface area contributed by atoms with Gasteiger partial charge in [0.2, 0.25) is 0 Å². The molecular formula is C14H17N3O2S. The predicted octanol–water partition coefficient (Wildman–Crippen LogP) is 2.03. The number of carbonyl (C=O) groups is 1. The number of pyridine rings is 1. The third-order valence-electron chi connectivity index (χ3n) is 3.63. The minimum atomic E-state index is -0.0878. The van der Waals surface area contributed by atoms with Crippen LogP contribution in [0.5, 0.6) is 0 Å². The van der Waals surface area contributed by atoms with Gasteiger partial charge in [-0.15, -0.1) is 11.3 Å². The zero-order chi connectivity index (χ0) is 13.9. The Kier molecular flexibility index (Phi) is 3.84. The van der Waals surface area contributed by atoms with Crippen LogP contribution < -0.4 is 11.1 Å². The predicted molar refractivity (Wildman–Crippen MR) is 79.9 cm³/mol. The number of thiophene rings is 1. The van der Waals surface area contributed by atoms with Gasteiger partial charge >= 0.3 is 0 Å². The van der Waals surface area contributed by atoms with Gasteiger partial charge in [0.15, 0.2) is 0 Å². The number of nitrogen functional groups attached to an aromatic ring is 1. The lowest BCUT2D eigenvalue weighted by Crippen LogP contribution is -2.32. The Balaban J connectivity index is 1.70. The van der Waals surface area contributed by atoms with Crippen molar-refractivity contribution in [1.29, 1.82) is 0 Å². The molecule has 0 radical (unpaired) electrons. The van der Waals surface area contributed by atoms with Gasteiger partial charge in [0.25, 0.3) is 5.91 Å². The maximum Gasteiger partial charge on any atom is 0.263 e. The van der Waals surface area contributed by atoms with Crippen molar-refractivity contribution in [3.63, 3.8) is 0 Å². The highest BCUT2D eigenvalue weighted by atomic mass is 32.1. The first-order valence-corrected chi connectivity index (χ1v) is 7.55. The van der Waals surface area contributed by atoms with E-state index in [1.807, 2.05) is 6.07 Å². The number of nitrogens with one attached hydrogen (secondary N) is 1. The summed E-state index contributed by atoms with van der Waals surface area (Å²) >= 11 is 1.39. The molecule has 0 bridgehead atoms. The lowest BCUT2D eigenvalue weighted by atomic mass is 10.0. The van der Waals surface area contributed by atoms with E-state index < -0.39 is 0 Å². The zero-order valence-corrected chi connectivity index (χ0v) is 11.9. The molecule has 0 aliphatic carbocycles. The summed E-state index contributed by atoms with van der Waals surface area (Å²) in [6.45, 7) is 2.27. The van der Waals surface area contributed by atoms with E-state index in [2.05, 4.69) is 10.3 Å². The molecule has 0 aromatic carbocycles. The zero-order valence-electron chi connectivity index (χ0n) is 11.1. The number of hydrogen-bond donors (Lipinski definition) is 2. The molecule has 0 unspecified atom stereocenters. The molecule has 3 heterocycles. The van der Waals surface area contributed by atoms with Crippen molar-refractivity contribution < 1.29 is 9.53 Å². The molecule has 1 saturated heterocycles. The Bertz CT molecular complexity index is 620. The number of anilines is 1. The average Bonchev–Trinajstić information content (AvgIpc) is 2.84. The molecule has 106 valence electrons. The molecule has 0 saturated carbocycles. The van der Waals surface area contributed by atoms with Crippen LogP contribution in [-0.4, -0.2) is 30.6 Å². The molecule has 0 atom stereocenters. The second-order valence-electron chi connectivity index (χ2n) is 4.98. The van der Waals surface area contributed by atoms with Crippen LogP contribution >= 0.6 is 11.3 Å². The molecule has 1 aliphatic rings. The van der Waals surface area contributed by atoms with E-state index in [1.54, 1.807) is 12.4 Å². The number of hydrogen-bond acceptors (Lipinski definition) is 5. The van der Waals surface area contributed by atoms with Crippen LogP contribution in [0.25, 0.3) is 10.1 Å². The number of ether oxygens (including phenoxy) is 1. The molecule has 3 rings (SSSR count). The number of fused-ring (bicyclic) bond motifs is 1. The van der Waals surface area contributed by atoms with Crippen molar-refractivity contribution in [2.24, 2.45) is 5.92 Å². The van der Waals surface area contributed by atoms with Crippen LogP contribution in [0.1, 0.15) is 22.5 Å². The lowest BCUT2D eigenvalue weighted by Gasteiger charge is -2.22. The third kappa shape index (κ3) is 2.62. The Labute approximate surface area is 121 Å². The first-order valence-electron chi connectivity index (χ1n) is 6.73. The minimum Gasteiger partial charge on any atom is -0.397 e. The maximum atomic E-state index is 12.2. The van der Waals surface area contributed by atoms with Crippen molar-refractivity contribution in [3.05, 3.63) is 23.3 Å². The van der Waals surface area contributed by atoms with Crippen LogP contribution in [0.15, 0.2) is 18.5 Å². The molecule has 2 aromatic heterocycles. The van der Waals surface area contributed by atoms with Gasteiger partial charge in [-0.25, -0.2) is 0 Å². The summed E-state index contributed by atoms with van der Waals surface area (Å²) in [5.41, 5.74) is 6.60. The molecule has 6 heteroatoms. The highest BCUT2D eigenvalue weighted by Gasteiger charge is 2.19. The maximum absolute atomic E-state index is 12.2. The number of aromatic nitrogens is 1. The van der Waals surface area contributed by atoms with E-state index in [4.69, 9.17) is 10.5 Å². The number of carbonyl (C=O) groups excluding carboxylic acids is 1. The minimum absolute atomic E-state index is 0.0878. The van der Waals surface area contributed by atoms with Crippen LogP contribution in [0, 0.1) is 5.92 Å².